The molecule has 2 aromatic rings. The average molecular weight is 402 g/mol. The van der Waals surface area contributed by atoms with Crippen molar-refractivity contribution in [2.45, 2.75) is 69.0 Å². The highest BCUT2D eigenvalue weighted by atomic mass is 32.3. The Labute approximate surface area is 170 Å². The van der Waals surface area contributed by atoms with Crippen LogP contribution in [0.15, 0.2) is 34.3 Å². The summed E-state index contributed by atoms with van der Waals surface area (Å²) in [5, 5.41) is 12.0. The van der Waals surface area contributed by atoms with Crippen LogP contribution in [0.4, 0.5) is 0 Å². The molecule has 4 rings (SSSR count). The molecule has 0 bridgehead atoms. The number of likely N-dealkylation sites (N-methyl/N-ethyl adjacent to an activating group) is 1. The molecule has 0 aliphatic carbocycles. The van der Waals surface area contributed by atoms with Crippen LogP contribution >= 0.6 is 10.0 Å². The zero-order valence-corrected chi connectivity index (χ0v) is 18.4. The third-order valence-electron chi connectivity index (χ3n) is 6.51. The molecule has 2 unspecified atom stereocenters. The predicted molar refractivity (Wildman–Crippen MR) is 122 cm³/mol. The van der Waals surface area contributed by atoms with Gasteiger partial charge in [0.25, 0.3) is 0 Å². The number of aliphatic hydroxyl groups is 1. The summed E-state index contributed by atoms with van der Waals surface area (Å²) in [4.78, 5) is 11.9. The van der Waals surface area contributed by atoms with E-state index in [1.54, 1.807) is 0 Å². The van der Waals surface area contributed by atoms with Gasteiger partial charge in [-0.15, -0.1) is 0 Å². The van der Waals surface area contributed by atoms with E-state index in [1.807, 2.05) is 6.92 Å². The molecule has 2 aliphatic heterocycles. The number of rotatable bonds is 7. The first-order chi connectivity index (χ1) is 13.4. The minimum Gasteiger partial charge on any atom is -0.369 e. The molecule has 154 valence electrons. The number of unbranched alkanes of at least 4 members (excludes halogenated alkanes) is 2. The fourth-order valence-electron chi connectivity index (χ4n) is 4.84. The molecule has 0 saturated carbocycles. The van der Waals surface area contributed by atoms with Crippen molar-refractivity contribution < 1.29 is 5.11 Å². The zero-order valence-electron chi connectivity index (χ0n) is 17.6. The number of aromatic nitrogens is 1. The highest BCUT2D eigenvalue weighted by Crippen LogP contribution is 2.59. The highest BCUT2D eigenvalue weighted by molar-refractivity contribution is 8.44. The third kappa shape index (κ3) is 3.89. The summed E-state index contributed by atoms with van der Waals surface area (Å²) in [7, 11) is 1.04. The van der Waals surface area contributed by atoms with Gasteiger partial charge in [-0.2, -0.15) is 10.0 Å². The van der Waals surface area contributed by atoms with Crippen LogP contribution in [-0.2, 0) is 6.42 Å². The molecule has 0 radical (unpaired) electrons. The van der Waals surface area contributed by atoms with Crippen molar-refractivity contribution in [1.29, 1.82) is 0 Å². The first-order valence-electron chi connectivity index (χ1n) is 10.8. The number of hydrogen-bond donors (Lipinski definition) is 2. The number of aromatic amines is 1. The van der Waals surface area contributed by atoms with Gasteiger partial charge in [0.2, 0.25) is 0 Å². The molecule has 1 fully saturated rings. The van der Waals surface area contributed by atoms with Gasteiger partial charge in [0.05, 0.1) is 0 Å². The average Bonchev–Trinajstić information content (AvgIpc) is 3.34. The highest BCUT2D eigenvalue weighted by Gasteiger charge is 2.38. The summed E-state index contributed by atoms with van der Waals surface area (Å²) in [6, 6.07) is 7.58. The van der Waals surface area contributed by atoms with Gasteiger partial charge in [-0.05, 0) is 80.6 Å². The van der Waals surface area contributed by atoms with Crippen molar-refractivity contribution in [3.63, 3.8) is 0 Å². The maximum Gasteiger partial charge on any atom is 0.161 e. The van der Waals surface area contributed by atoms with Crippen molar-refractivity contribution in [3.8, 4) is 0 Å². The van der Waals surface area contributed by atoms with Gasteiger partial charge < -0.3 is 15.0 Å². The number of nitrogens with one attached hydrogen (secondary N) is 1. The second kappa shape index (κ2) is 7.85. The maximum atomic E-state index is 10.6. The molecule has 4 nitrogen and oxygen atoms in total. The van der Waals surface area contributed by atoms with Crippen molar-refractivity contribution in [1.82, 2.24) is 9.88 Å². The largest absolute Gasteiger partial charge is 0.369 e. The molecule has 3 heterocycles. The smallest absolute Gasteiger partial charge is 0.161 e. The molecule has 1 aromatic carbocycles. The standard InChI is InChI=1S/C23H35N3OS/c1-4-5-6-12-28(16-23(2,27)25-17-28)20-9-10-22-21(14-20)18(15-24-22)13-19-8-7-11-26(19)3/h9-10,14-15,17,19,24,27H,4-8,11-13,16H2,1-3H3/t19-,23?/m1/s1. The fraction of sp³-hybridized carbons (Fsp3) is 0.609. The molecule has 0 spiro atoms. The Morgan fingerprint density at radius 3 is 2.89 bits per heavy atom. The number of likely N-dealkylation sites (tertiary alicyclic amines) is 1. The monoisotopic (exact) mass is 401 g/mol. The Hall–Kier alpha value is -1.30. The predicted octanol–water partition coefficient (Wildman–Crippen LogP) is 4.91. The number of H-pyrrole nitrogens is 1. The van der Waals surface area contributed by atoms with Crippen LogP contribution in [0.1, 0.15) is 51.5 Å². The summed E-state index contributed by atoms with van der Waals surface area (Å²) >= 11 is 0. The normalized spacial score (nSPS) is 32.9. The van der Waals surface area contributed by atoms with E-state index in [9.17, 15) is 5.11 Å². The molecule has 2 aliphatic rings. The minimum absolute atomic E-state index is 0.655. The van der Waals surface area contributed by atoms with Crippen LogP contribution in [0.5, 0.6) is 0 Å². The van der Waals surface area contributed by atoms with Crippen molar-refractivity contribution in [2.24, 2.45) is 4.99 Å². The van der Waals surface area contributed by atoms with Gasteiger partial charge in [0, 0.05) is 34.4 Å². The van der Waals surface area contributed by atoms with Gasteiger partial charge in [0.15, 0.2) is 5.72 Å². The fourth-order valence-corrected chi connectivity index (χ4v) is 8.58. The Morgan fingerprint density at radius 1 is 1.36 bits per heavy atom. The first-order valence-corrected chi connectivity index (χ1v) is 12.8. The summed E-state index contributed by atoms with van der Waals surface area (Å²) in [6.45, 7) is 5.32. The molecule has 0 amide bonds. The van der Waals surface area contributed by atoms with E-state index in [2.05, 4.69) is 58.8 Å². The topological polar surface area (TPSA) is 51.6 Å². The Kier molecular flexibility index (Phi) is 5.60. The second-order valence-electron chi connectivity index (χ2n) is 8.95. The van der Waals surface area contributed by atoms with E-state index in [0.29, 0.717) is 6.04 Å². The lowest BCUT2D eigenvalue weighted by Crippen LogP contribution is -2.26. The Morgan fingerprint density at radius 2 is 2.21 bits per heavy atom. The van der Waals surface area contributed by atoms with Crippen LogP contribution in [-0.4, -0.2) is 57.4 Å². The van der Waals surface area contributed by atoms with Gasteiger partial charge in [-0.25, -0.2) is 0 Å². The van der Waals surface area contributed by atoms with Gasteiger partial charge in [-0.1, -0.05) is 19.8 Å². The SMILES string of the molecule is CCCCCS1(c2ccc3[nH]cc(C[C@H]4CCCN4C)c3c2)C=NC(C)(O)C1. The zero-order chi connectivity index (χ0) is 19.8. The number of fused-ring (bicyclic) bond motifs is 1. The van der Waals surface area contributed by atoms with Crippen molar-refractivity contribution in [2.75, 3.05) is 25.1 Å². The molecule has 5 heteroatoms. The summed E-state index contributed by atoms with van der Waals surface area (Å²) < 4.78 is 0. The lowest BCUT2D eigenvalue weighted by Gasteiger charge is -2.35. The van der Waals surface area contributed by atoms with Gasteiger partial charge in [-0.3, -0.25) is 4.99 Å². The quantitative estimate of drug-likeness (QED) is 0.648. The van der Waals surface area contributed by atoms with Crippen molar-refractivity contribution in [3.05, 3.63) is 30.0 Å². The lowest BCUT2D eigenvalue weighted by molar-refractivity contribution is 0.0986. The molecule has 1 aromatic heterocycles. The molecule has 3 atom stereocenters. The first kappa shape index (κ1) is 20.0. The van der Waals surface area contributed by atoms with E-state index in [-0.39, 0.29) is 0 Å². The third-order valence-corrected chi connectivity index (χ3v) is 10.3. The lowest BCUT2D eigenvalue weighted by atomic mass is 10.0. The van der Waals surface area contributed by atoms with E-state index in [0.717, 1.165) is 17.9 Å². The van der Waals surface area contributed by atoms with Crippen LogP contribution in [0.3, 0.4) is 0 Å². The van der Waals surface area contributed by atoms with E-state index in [4.69, 9.17) is 0 Å². The van der Waals surface area contributed by atoms with Crippen LogP contribution in [0, 0.1) is 0 Å². The van der Waals surface area contributed by atoms with E-state index < -0.39 is 15.8 Å². The maximum absolute atomic E-state index is 10.6. The minimum atomic E-state index is -1.21. The number of hydrogen-bond acceptors (Lipinski definition) is 3. The van der Waals surface area contributed by atoms with Crippen LogP contribution < -0.4 is 0 Å². The summed E-state index contributed by atoms with van der Waals surface area (Å²) in [5.74, 6) is 1.90. The van der Waals surface area contributed by atoms with Crippen LogP contribution in [0.2, 0.25) is 0 Å². The second-order valence-corrected chi connectivity index (χ2v) is 12.2. The summed E-state index contributed by atoms with van der Waals surface area (Å²) in [6.07, 6.45) is 9.60. The summed E-state index contributed by atoms with van der Waals surface area (Å²) in [5.41, 5.74) is 3.87. The Balaban J connectivity index is 1.66. The van der Waals surface area contributed by atoms with E-state index >= 15 is 0 Å². The number of aliphatic imine (C=N–C) groups is 1. The van der Waals surface area contributed by atoms with Gasteiger partial charge in [0.1, 0.15) is 0 Å². The molecule has 1 saturated heterocycles. The van der Waals surface area contributed by atoms with Crippen LogP contribution in [0.25, 0.3) is 10.9 Å². The molecule has 2 N–H and O–H groups in total. The van der Waals surface area contributed by atoms with Crippen molar-refractivity contribution >= 4 is 26.5 Å². The Bertz CT molecular complexity index is 859. The molecular formula is C23H35N3OS. The van der Waals surface area contributed by atoms with E-state index in [1.165, 1.54) is 60.0 Å². The number of benzene rings is 1. The number of nitrogens with zero attached hydrogens (tertiary/aromatic N) is 2. The molecule has 28 heavy (non-hydrogen) atoms. The molecular weight excluding hydrogens is 366 g/mol. The van der Waals surface area contributed by atoms with Gasteiger partial charge >= 0.3 is 0 Å².